The van der Waals surface area contributed by atoms with Crippen molar-refractivity contribution in [3.63, 3.8) is 0 Å². The van der Waals surface area contributed by atoms with Crippen molar-refractivity contribution in [3.8, 4) is 0 Å². The molecular weight excluding hydrogens is 208 g/mol. The van der Waals surface area contributed by atoms with Gasteiger partial charge in [-0.25, -0.2) is 8.42 Å². The maximum atomic E-state index is 10.9. The molecule has 1 aromatic carbocycles. The van der Waals surface area contributed by atoms with E-state index in [-0.39, 0.29) is 4.91 Å². The molecule has 0 radical (unpaired) electrons. The summed E-state index contributed by atoms with van der Waals surface area (Å²) in [6.45, 7) is 5.32. The summed E-state index contributed by atoms with van der Waals surface area (Å²) >= 11 is 0. The predicted molar refractivity (Wildman–Crippen MR) is 55.0 cm³/mol. The minimum absolute atomic E-state index is 0.0610. The van der Waals surface area contributed by atoms with E-state index in [1.54, 1.807) is 12.1 Å². The molecule has 0 saturated heterocycles. The fourth-order valence-corrected chi connectivity index (χ4v) is 1.57. The maximum absolute atomic E-state index is 10.9. The first-order chi connectivity index (χ1) is 5.91. The minimum Gasteiger partial charge on any atom is -0.207 e. The van der Waals surface area contributed by atoms with E-state index < -0.39 is 9.05 Å². The van der Waals surface area contributed by atoms with E-state index in [4.69, 9.17) is 10.7 Å². The van der Waals surface area contributed by atoms with Gasteiger partial charge in [-0.05, 0) is 12.5 Å². The second-order valence-corrected chi connectivity index (χ2v) is 5.31. The van der Waals surface area contributed by atoms with Crippen molar-refractivity contribution in [2.75, 3.05) is 0 Å². The van der Waals surface area contributed by atoms with Crippen LogP contribution in [0.3, 0.4) is 0 Å². The molecule has 0 saturated carbocycles. The second-order valence-electron chi connectivity index (χ2n) is 2.73. The first kappa shape index (κ1) is 10.3. The Hall–Kier alpha value is -0.800. The highest BCUT2D eigenvalue weighted by molar-refractivity contribution is 8.21. The lowest BCUT2D eigenvalue weighted by Crippen LogP contribution is -1.92. The Morgan fingerprint density at radius 1 is 1.31 bits per heavy atom. The number of halogens is 1. The van der Waals surface area contributed by atoms with Crippen molar-refractivity contribution in [1.82, 2.24) is 0 Å². The Labute approximate surface area is 82.3 Å². The molecule has 0 N–H and O–H groups in total. The SMILES string of the molecule is C=C(c1ccc(C)cc1)S(=O)(=O)Cl. The van der Waals surface area contributed by atoms with Gasteiger partial charge >= 0.3 is 0 Å². The molecule has 0 aliphatic heterocycles. The van der Waals surface area contributed by atoms with Crippen LogP contribution in [0.2, 0.25) is 0 Å². The van der Waals surface area contributed by atoms with Crippen molar-refractivity contribution in [1.29, 1.82) is 0 Å². The average molecular weight is 217 g/mol. The molecule has 4 heteroatoms. The van der Waals surface area contributed by atoms with Crippen LogP contribution in [0.4, 0.5) is 0 Å². The van der Waals surface area contributed by atoms with Gasteiger partial charge in [0, 0.05) is 10.7 Å². The van der Waals surface area contributed by atoms with Gasteiger partial charge in [0.25, 0.3) is 9.05 Å². The highest BCUT2D eigenvalue weighted by Gasteiger charge is 2.12. The summed E-state index contributed by atoms with van der Waals surface area (Å²) in [5.74, 6) is 0. The zero-order chi connectivity index (χ0) is 10.1. The summed E-state index contributed by atoms with van der Waals surface area (Å²) in [5.41, 5.74) is 1.59. The highest BCUT2D eigenvalue weighted by Crippen LogP contribution is 2.22. The van der Waals surface area contributed by atoms with Crippen LogP contribution in [0.5, 0.6) is 0 Å². The molecular formula is C9H9ClO2S. The van der Waals surface area contributed by atoms with E-state index in [0.717, 1.165) is 5.56 Å². The van der Waals surface area contributed by atoms with Crippen LogP contribution in [0, 0.1) is 6.92 Å². The minimum atomic E-state index is -3.69. The van der Waals surface area contributed by atoms with Crippen LogP contribution >= 0.6 is 10.7 Å². The summed E-state index contributed by atoms with van der Waals surface area (Å²) in [7, 11) is 1.44. The summed E-state index contributed by atoms with van der Waals surface area (Å²) in [6.07, 6.45) is 0. The monoisotopic (exact) mass is 216 g/mol. The van der Waals surface area contributed by atoms with Gasteiger partial charge in [0.05, 0.1) is 4.91 Å². The fourth-order valence-electron chi connectivity index (χ4n) is 0.880. The van der Waals surface area contributed by atoms with Crippen molar-refractivity contribution in [2.24, 2.45) is 0 Å². The lowest BCUT2D eigenvalue weighted by molar-refractivity contribution is 0.618. The Morgan fingerprint density at radius 3 is 2.15 bits per heavy atom. The molecule has 0 fully saturated rings. The van der Waals surface area contributed by atoms with Crippen LogP contribution in [0.15, 0.2) is 30.8 Å². The van der Waals surface area contributed by atoms with Gasteiger partial charge in [-0.2, -0.15) is 0 Å². The molecule has 1 aromatic rings. The van der Waals surface area contributed by atoms with Gasteiger partial charge in [-0.15, -0.1) is 0 Å². The third-order valence-electron chi connectivity index (χ3n) is 1.67. The lowest BCUT2D eigenvalue weighted by Gasteiger charge is -2.01. The van der Waals surface area contributed by atoms with Crippen LogP contribution in [-0.2, 0) is 9.05 Å². The quantitative estimate of drug-likeness (QED) is 0.712. The van der Waals surface area contributed by atoms with Crippen LogP contribution in [-0.4, -0.2) is 8.42 Å². The average Bonchev–Trinajstić information content (AvgIpc) is 2.03. The Bertz CT molecular complexity index is 417. The molecule has 0 aliphatic carbocycles. The van der Waals surface area contributed by atoms with Gasteiger partial charge in [0.15, 0.2) is 0 Å². The molecule has 1 rings (SSSR count). The molecule has 2 nitrogen and oxygen atoms in total. The molecule has 0 heterocycles. The second kappa shape index (κ2) is 3.52. The lowest BCUT2D eigenvalue weighted by atomic mass is 10.1. The molecule has 0 spiro atoms. The highest BCUT2D eigenvalue weighted by atomic mass is 35.7. The van der Waals surface area contributed by atoms with Crippen molar-refractivity contribution in [2.45, 2.75) is 6.92 Å². The number of hydrogen-bond acceptors (Lipinski definition) is 2. The van der Waals surface area contributed by atoms with Gasteiger partial charge in [0.1, 0.15) is 0 Å². The summed E-state index contributed by atoms with van der Waals surface area (Å²) in [5, 5.41) is 0. The Balaban J connectivity index is 3.12. The molecule has 0 aliphatic rings. The van der Waals surface area contributed by atoms with Gasteiger partial charge < -0.3 is 0 Å². The Morgan fingerprint density at radius 2 is 1.77 bits per heavy atom. The molecule has 70 valence electrons. The molecule has 0 atom stereocenters. The van der Waals surface area contributed by atoms with Gasteiger partial charge in [-0.3, -0.25) is 0 Å². The fraction of sp³-hybridized carbons (Fsp3) is 0.111. The van der Waals surface area contributed by atoms with E-state index in [1.165, 1.54) is 0 Å². The number of aryl methyl sites for hydroxylation is 1. The van der Waals surface area contributed by atoms with Gasteiger partial charge in [0.2, 0.25) is 0 Å². The first-order valence-electron chi connectivity index (χ1n) is 3.62. The van der Waals surface area contributed by atoms with Crippen LogP contribution in [0.25, 0.3) is 4.91 Å². The topological polar surface area (TPSA) is 34.1 Å². The van der Waals surface area contributed by atoms with E-state index in [0.29, 0.717) is 5.56 Å². The summed E-state index contributed by atoms with van der Waals surface area (Å²) < 4.78 is 21.8. The molecule has 13 heavy (non-hydrogen) atoms. The predicted octanol–water partition coefficient (Wildman–Crippen LogP) is 2.53. The summed E-state index contributed by atoms with van der Waals surface area (Å²) in [4.78, 5) is -0.0610. The normalized spacial score (nSPS) is 11.2. The number of hydrogen-bond donors (Lipinski definition) is 0. The summed E-state index contributed by atoms with van der Waals surface area (Å²) in [6, 6.07) is 6.97. The van der Waals surface area contributed by atoms with E-state index >= 15 is 0 Å². The standard InChI is InChI=1S/C9H9ClO2S/c1-7-3-5-9(6-4-7)8(2)13(10,11)12/h3-6H,2H2,1H3. The van der Waals surface area contributed by atoms with Crippen molar-refractivity contribution < 1.29 is 8.42 Å². The smallest absolute Gasteiger partial charge is 0.207 e. The van der Waals surface area contributed by atoms with Gasteiger partial charge in [-0.1, -0.05) is 36.4 Å². The van der Waals surface area contributed by atoms with Crippen molar-refractivity contribution >= 4 is 24.6 Å². The van der Waals surface area contributed by atoms with E-state index in [2.05, 4.69) is 6.58 Å². The zero-order valence-electron chi connectivity index (χ0n) is 7.12. The van der Waals surface area contributed by atoms with Crippen molar-refractivity contribution in [3.05, 3.63) is 42.0 Å². The molecule has 0 aromatic heterocycles. The third-order valence-corrected chi connectivity index (χ3v) is 3.05. The zero-order valence-corrected chi connectivity index (χ0v) is 8.69. The molecule has 0 unspecified atom stereocenters. The first-order valence-corrected chi connectivity index (χ1v) is 5.93. The molecule has 0 amide bonds. The van der Waals surface area contributed by atoms with Crippen LogP contribution < -0.4 is 0 Å². The van der Waals surface area contributed by atoms with E-state index in [9.17, 15) is 8.42 Å². The Kier molecular flexibility index (Phi) is 2.78. The van der Waals surface area contributed by atoms with Crippen LogP contribution in [0.1, 0.15) is 11.1 Å². The number of benzene rings is 1. The largest absolute Gasteiger partial charge is 0.261 e. The maximum Gasteiger partial charge on any atom is 0.261 e. The molecule has 0 bridgehead atoms. The third kappa shape index (κ3) is 2.57. The van der Waals surface area contributed by atoms with E-state index in [1.807, 2.05) is 19.1 Å². The number of rotatable bonds is 2.